The number of amides is 2. The van der Waals surface area contributed by atoms with Gasteiger partial charge in [0.25, 0.3) is 0 Å². The summed E-state index contributed by atoms with van der Waals surface area (Å²) in [6.07, 6.45) is 15.4. The monoisotopic (exact) mass is 762 g/mol. The number of Topliss-reactive ketones (excluding diaryl/α,β-unsaturated/α-hetero) is 1. The van der Waals surface area contributed by atoms with Gasteiger partial charge in [-0.05, 0) is 109 Å². The van der Waals surface area contributed by atoms with E-state index in [2.05, 4.69) is 58.7 Å². The van der Waals surface area contributed by atoms with E-state index in [1.54, 1.807) is 22.0 Å². The molecule has 4 aromatic heterocycles. The Morgan fingerprint density at radius 3 is 2.67 bits per heavy atom. The van der Waals surface area contributed by atoms with Crippen molar-refractivity contribution in [2.24, 2.45) is 5.41 Å². The number of carbonyl (C=O) groups is 3. The number of ketones is 1. The molecule has 3 atom stereocenters. The molecule has 0 spiro atoms. The standard InChI is InChI=1S/C38H39BrN10O3/c1-22-11-12-32(39)42-36(22)43-37(52)30-15-38-16-31(38)49(30)33(51)20-48-35-25(9-7-5-4-6-8-10-28-19-47(21-38)46-44-28)13-26(27-17-40-24(3)41-18-27)14-29(35)34(45-48)23(2)50/h8,10-14,17-19,30-31H,4-7,9,15-16,20-21H2,1-3H3,(H,42,43,52)/t30-,31+,38-/m0/s1. The molecule has 8 rings (SSSR count). The molecule has 3 aliphatic rings. The Labute approximate surface area is 309 Å². The summed E-state index contributed by atoms with van der Waals surface area (Å²) in [5, 5.41) is 17.3. The third kappa shape index (κ3) is 6.44. The number of nitrogens with one attached hydrogen (secondary N) is 1. The van der Waals surface area contributed by atoms with Crippen molar-refractivity contribution in [1.82, 2.24) is 44.6 Å². The predicted octanol–water partition coefficient (Wildman–Crippen LogP) is 5.89. The molecule has 0 radical (unpaired) electrons. The van der Waals surface area contributed by atoms with Crippen LogP contribution in [0.5, 0.6) is 0 Å². The zero-order chi connectivity index (χ0) is 36.1. The second-order valence-corrected chi connectivity index (χ2v) is 15.2. The summed E-state index contributed by atoms with van der Waals surface area (Å²) < 4.78 is 4.11. The van der Waals surface area contributed by atoms with Crippen LogP contribution in [0.1, 0.15) is 78.6 Å². The van der Waals surface area contributed by atoms with Gasteiger partial charge in [0.2, 0.25) is 11.8 Å². The first kappa shape index (κ1) is 34.0. The molecular formula is C38H39BrN10O3. The van der Waals surface area contributed by atoms with Crippen LogP contribution in [0.4, 0.5) is 5.82 Å². The number of benzene rings is 1. The number of nitrogens with zero attached hydrogens (tertiary/aromatic N) is 9. The third-order valence-corrected chi connectivity index (χ3v) is 11.0. The Morgan fingerprint density at radius 1 is 1.04 bits per heavy atom. The number of aromatic nitrogens is 8. The van der Waals surface area contributed by atoms with Crippen LogP contribution in [0.25, 0.3) is 28.1 Å². The first-order valence-electron chi connectivity index (χ1n) is 17.7. The lowest BCUT2D eigenvalue weighted by atomic mass is 9.97. The number of piperidine rings is 1. The van der Waals surface area contributed by atoms with Gasteiger partial charge in [-0.3, -0.25) is 23.7 Å². The molecule has 1 saturated heterocycles. The van der Waals surface area contributed by atoms with Gasteiger partial charge in [0.15, 0.2) is 5.78 Å². The van der Waals surface area contributed by atoms with Gasteiger partial charge in [-0.15, -0.1) is 5.10 Å². The molecule has 0 unspecified atom stereocenters. The maximum atomic E-state index is 14.6. The maximum Gasteiger partial charge on any atom is 0.248 e. The number of halogens is 1. The summed E-state index contributed by atoms with van der Waals surface area (Å²) in [4.78, 5) is 56.9. The van der Waals surface area contributed by atoms with E-state index in [4.69, 9.17) is 5.10 Å². The number of rotatable bonds is 4. The quantitative estimate of drug-likeness (QED) is 0.174. The second-order valence-electron chi connectivity index (χ2n) is 14.3. The molecule has 52 heavy (non-hydrogen) atoms. The molecule has 1 saturated carbocycles. The molecule has 13 nitrogen and oxygen atoms in total. The Morgan fingerprint density at radius 2 is 1.87 bits per heavy atom. The fraction of sp³-hybridized carbons (Fsp3) is 0.395. The number of pyridine rings is 1. The van der Waals surface area contributed by atoms with Gasteiger partial charge in [0.1, 0.15) is 40.2 Å². The Hall–Kier alpha value is -5.11. The van der Waals surface area contributed by atoms with Crippen LogP contribution in [0.15, 0.2) is 53.5 Å². The van der Waals surface area contributed by atoms with Crippen molar-refractivity contribution in [2.75, 3.05) is 5.32 Å². The highest BCUT2D eigenvalue weighted by molar-refractivity contribution is 9.10. The average Bonchev–Trinajstić information content (AvgIpc) is 3.38. The SMILES string of the molecule is CC(=O)c1nn2c3c(cc(-c4cnc(C)nc4)cc13)CCCCCC=Cc1cn(nn1)C[C@@]13C[C@@H](C(=O)Nc4nc(Br)ccc4C)N(C(=O)C2)[C@@H]1C3. The fourth-order valence-corrected chi connectivity index (χ4v) is 8.22. The normalized spacial score (nSPS) is 21.7. The number of hydrogen-bond donors (Lipinski definition) is 1. The van der Waals surface area contributed by atoms with Gasteiger partial charge in [-0.25, -0.2) is 15.0 Å². The van der Waals surface area contributed by atoms with Crippen molar-refractivity contribution in [3.63, 3.8) is 0 Å². The van der Waals surface area contributed by atoms with Gasteiger partial charge in [0, 0.05) is 41.7 Å². The van der Waals surface area contributed by atoms with Crippen LogP contribution in [0.2, 0.25) is 0 Å². The first-order valence-corrected chi connectivity index (χ1v) is 18.5. The van der Waals surface area contributed by atoms with E-state index in [9.17, 15) is 14.4 Å². The smallest absolute Gasteiger partial charge is 0.248 e. The Balaban J connectivity index is 1.20. The van der Waals surface area contributed by atoms with E-state index in [-0.39, 0.29) is 35.6 Å². The number of hydrogen-bond acceptors (Lipinski definition) is 9. The van der Waals surface area contributed by atoms with Crippen LogP contribution in [0, 0.1) is 19.3 Å². The molecule has 266 valence electrons. The molecule has 1 N–H and O–H groups in total. The van der Waals surface area contributed by atoms with Gasteiger partial charge in [0.05, 0.1) is 18.3 Å². The Kier molecular flexibility index (Phi) is 8.80. The molecule has 14 heteroatoms. The minimum atomic E-state index is -0.735. The highest BCUT2D eigenvalue weighted by Gasteiger charge is 2.67. The van der Waals surface area contributed by atoms with E-state index in [1.165, 1.54) is 6.92 Å². The lowest BCUT2D eigenvalue weighted by molar-refractivity contribution is -0.138. The van der Waals surface area contributed by atoms with E-state index in [0.717, 1.165) is 72.0 Å². The zero-order valence-corrected chi connectivity index (χ0v) is 30.9. The van der Waals surface area contributed by atoms with Crippen molar-refractivity contribution in [2.45, 2.75) is 90.9 Å². The van der Waals surface area contributed by atoms with Crippen molar-refractivity contribution in [3.05, 3.63) is 81.9 Å². The topological polar surface area (TPSA) is 154 Å². The number of allylic oxidation sites excluding steroid dienone is 1. The first-order chi connectivity index (χ1) is 25.1. The minimum Gasteiger partial charge on any atom is -0.325 e. The van der Waals surface area contributed by atoms with E-state index in [0.29, 0.717) is 40.3 Å². The zero-order valence-electron chi connectivity index (χ0n) is 29.3. The highest BCUT2D eigenvalue weighted by Crippen LogP contribution is 2.60. The summed E-state index contributed by atoms with van der Waals surface area (Å²) in [6, 6.07) is 6.86. The summed E-state index contributed by atoms with van der Waals surface area (Å²) in [6.45, 7) is 5.64. The van der Waals surface area contributed by atoms with Crippen molar-refractivity contribution in [1.29, 1.82) is 0 Å². The van der Waals surface area contributed by atoms with Crippen molar-refractivity contribution < 1.29 is 14.4 Å². The van der Waals surface area contributed by atoms with Crippen LogP contribution in [-0.2, 0) is 29.1 Å². The second kappa shape index (κ2) is 13.5. The third-order valence-electron chi connectivity index (χ3n) is 10.6. The number of carbonyl (C=O) groups excluding carboxylic acids is 3. The summed E-state index contributed by atoms with van der Waals surface area (Å²) in [7, 11) is 0. The molecule has 4 bridgehead atoms. The number of fused-ring (bicyclic) bond motifs is 2. The molecular weight excluding hydrogens is 724 g/mol. The van der Waals surface area contributed by atoms with Gasteiger partial charge < -0.3 is 10.2 Å². The van der Waals surface area contributed by atoms with Gasteiger partial charge in [-0.2, -0.15) is 5.10 Å². The molecule has 1 aromatic carbocycles. The van der Waals surface area contributed by atoms with Crippen molar-refractivity contribution >= 4 is 56.3 Å². The summed E-state index contributed by atoms with van der Waals surface area (Å²) in [5.74, 6) is 0.401. The van der Waals surface area contributed by atoms with E-state index in [1.807, 2.05) is 49.0 Å². The van der Waals surface area contributed by atoms with Crippen LogP contribution in [0.3, 0.4) is 0 Å². The van der Waals surface area contributed by atoms with Crippen LogP contribution in [-0.4, -0.2) is 74.3 Å². The van der Waals surface area contributed by atoms with Crippen molar-refractivity contribution in [3.8, 4) is 11.1 Å². The lowest BCUT2D eigenvalue weighted by Gasteiger charge is -2.27. The van der Waals surface area contributed by atoms with E-state index >= 15 is 0 Å². The number of anilines is 1. The van der Waals surface area contributed by atoms with Crippen LogP contribution < -0.4 is 5.32 Å². The molecule has 6 heterocycles. The highest BCUT2D eigenvalue weighted by atomic mass is 79.9. The summed E-state index contributed by atoms with van der Waals surface area (Å²) >= 11 is 3.41. The maximum absolute atomic E-state index is 14.6. The van der Waals surface area contributed by atoms with Gasteiger partial charge >= 0.3 is 0 Å². The molecule has 5 aromatic rings. The van der Waals surface area contributed by atoms with Crippen LogP contribution >= 0.6 is 15.9 Å². The lowest BCUT2D eigenvalue weighted by Crippen LogP contribution is -2.47. The largest absolute Gasteiger partial charge is 0.325 e. The average molecular weight is 764 g/mol. The molecule has 2 amide bonds. The minimum absolute atomic E-state index is 0.119. The predicted molar refractivity (Wildman–Crippen MR) is 198 cm³/mol. The van der Waals surface area contributed by atoms with Gasteiger partial charge in [-0.1, -0.05) is 23.8 Å². The molecule has 2 fully saturated rings. The summed E-state index contributed by atoms with van der Waals surface area (Å²) in [5.41, 5.74) is 5.06. The molecule has 1 aliphatic carbocycles. The number of aryl methyl sites for hydroxylation is 3. The Bertz CT molecular complexity index is 2260. The fourth-order valence-electron chi connectivity index (χ4n) is 7.91. The molecule has 2 aliphatic heterocycles. The van der Waals surface area contributed by atoms with E-state index < -0.39 is 6.04 Å².